The molecule has 0 saturated carbocycles. The topological polar surface area (TPSA) is 27.7 Å². The zero-order valence-corrected chi connectivity index (χ0v) is 12.8. The summed E-state index contributed by atoms with van der Waals surface area (Å²) in [4.78, 5) is 0. The first-order valence-electron chi connectivity index (χ1n) is 5.82. The van der Waals surface area contributed by atoms with Crippen LogP contribution in [0.1, 0.15) is 39.0 Å². The maximum Gasteiger partial charge on any atom is 0.281 e. The molecule has 0 radical (unpaired) electrons. The van der Waals surface area contributed by atoms with Gasteiger partial charge < -0.3 is 14.2 Å². The smallest absolute Gasteiger partial charge is 0.281 e. The van der Waals surface area contributed by atoms with Crippen LogP contribution in [0.15, 0.2) is 0 Å². The molecule has 0 unspecified atom stereocenters. The lowest BCUT2D eigenvalue weighted by Crippen LogP contribution is -2.40. The first-order chi connectivity index (χ1) is 7.16. The lowest BCUT2D eigenvalue weighted by molar-refractivity contribution is -0.354. The average Bonchev–Trinajstić information content (AvgIpc) is 2.28. The molecule has 15 heavy (non-hydrogen) atoms. The number of ether oxygens (including phenoxy) is 3. The Morgan fingerprint density at radius 1 is 1.00 bits per heavy atom. The minimum atomic E-state index is -0.807. The Morgan fingerprint density at radius 3 is 1.93 bits per heavy atom. The standard InChI is InChI=1S/C11H26O3Si/c1-5-6-7-8-9-10(15)11(12-2,13-3)14-4/h10H,5-9H2,1-4,15H3/t10-/m0/s1. The highest BCUT2D eigenvalue weighted by molar-refractivity contribution is 6.12. The molecular weight excluding hydrogens is 208 g/mol. The molecule has 3 nitrogen and oxygen atoms in total. The fourth-order valence-corrected chi connectivity index (χ4v) is 3.02. The first-order valence-corrected chi connectivity index (χ1v) is 6.97. The van der Waals surface area contributed by atoms with Crippen molar-refractivity contribution in [2.75, 3.05) is 21.3 Å². The third-order valence-electron chi connectivity index (χ3n) is 2.95. The van der Waals surface area contributed by atoms with Crippen LogP contribution in [0.4, 0.5) is 0 Å². The fourth-order valence-electron chi connectivity index (χ4n) is 1.91. The lowest BCUT2D eigenvalue weighted by Gasteiger charge is -2.34. The molecule has 0 bridgehead atoms. The first kappa shape index (κ1) is 15.1. The number of hydrogen-bond donors (Lipinski definition) is 0. The molecule has 0 amide bonds. The molecule has 0 aromatic rings. The van der Waals surface area contributed by atoms with E-state index in [0.717, 1.165) is 16.7 Å². The second-order valence-electron chi connectivity index (χ2n) is 3.97. The Labute approximate surface area is 96.9 Å². The van der Waals surface area contributed by atoms with Gasteiger partial charge in [0, 0.05) is 37.1 Å². The highest BCUT2D eigenvalue weighted by Crippen LogP contribution is 2.30. The van der Waals surface area contributed by atoms with Gasteiger partial charge in [-0.05, 0) is 6.42 Å². The van der Waals surface area contributed by atoms with E-state index >= 15 is 0 Å². The molecule has 0 fully saturated rings. The van der Waals surface area contributed by atoms with Gasteiger partial charge in [0.25, 0.3) is 5.97 Å². The summed E-state index contributed by atoms with van der Waals surface area (Å²) >= 11 is 0. The Bertz CT molecular complexity index is 141. The van der Waals surface area contributed by atoms with E-state index in [4.69, 9.17) is 14.2 Å². The molecule has 0 spiro atoms. The highest BCUT2D eigenvalue weighted by Gasteiger charge is 2.36. The molecule has 0 aliphatic rings. The summed E-state index contributed by atoms with van der Waals surface area (Å²) in [5.74, 6) is -0.807. The minimum absolute atomic E-state index is 0.384. The summed E-state index contributed by atoms with van der Waals surface area (Å²) in [6.45, 7) is 2.22. The van der Waals surface area contributed by atoms with Crippen LogP contribution in [0.5, 0.6) is 0 Å². The largest absolute Gasteiger partial charge is 0.331 e. The summed E-state index contributed by atoms with van der Waals surface area (Å²) in [7, 11) is 5.95. The van der Waals surface area contributed by atoms with Crippen LogP contribution in [0.25, 0.3) is 0 Å². The van der Waals surface area contributed by atoms with Crippen LogP contribution in [0, 0.1) is 0 Å². The molecule has 4 heteroatoms. The van der Waals surface area contributed by atoms with Crippen molar-refractivity contribution in [1.82, 2.24) is 0 Å². The average molecular weight is 234 g/mol. The van der Waals surface area contributed by atoms with Crippen LogP contribution >= 0.6 is 0 Å². The molecule has 0 N–H and O–H groups in total. The predicted octanol–water partition coefficient (Wildman–Crippen LogP) is 1.70. The minimum Gasteiger partial charge on any atom is -0.331 e. The summed E-state index contributed by atoms with van der Waals surface area (Å²) in [6.07, 6.45) is 6.24. The summed E-state index contributed by atoms with van der Waals surface area (Å²) in [6, 6.07) is 0. The Kier molecular flexibility index (Phi) is 8.33. The van der Waals surface area contributed by atoms with Crippen molar-refractivity contribution in [3.63, 3.8) is 0 Å². The second-order valence-corrected chi connectivity index (χ2v) is 5.36. The van der Waals surface area contributed by atoms with Crippen molar-refractivity contribution in [3.8, 4) is 0 Å². The van der Waals surface area contributed by atoms with Gasteiger partial charge in [0.2, 0.25) is 0 Å². The van der Waals surface area contributed by atoms with Gasteiger partial charge in [0.15, 0.2) is 0 Å². The Morgan fingerprint density at radius 2 is 1.53 bits per heavy atom. The van der Waals surface area contributed by atoms with E-state index in [1.54, 1.807) is 21.3 Å². The zero-order chi connectivity index (χ0) is 11.7. The van der Waals surface area contributed by atoms with Crippen molar-refractivity contribution in [1.29, 1.82) is 0 Å². The lowest BCUT2D eigenvalue weighted by atomic mass is 10.1. The van der Waals surface area contributed by atoms with Crippen LogP contribution < -0.4 is 0 Å². The Balaban J connectivity index is 3.97. The summed E-state index contributed by atoms with van der Waals surface area (Å²) < 4.78 is 16.0. The van der Waals surface area contributed by atoms with Gasteiger partial charge in [-0.25, -0.2) is 0 Å². The van der Waals surface area contributed by atoms with Gasteiger partial charge in [-0.2, -0.15) is 0 Å². The van der Waals surface area contributed by atoms with Gasteiger partial charge in [-0.15, -0.1) is 0 Å². The molecule has 92 valence electrons. The van der Waals surface area contributed by atoms with Crippen LogP contribution in [-0.4, -0.2) is 37.5 Å². The van der Waals surface area contributed by atoms with E-state index in [2.05, 4.69) is 6.92 Å². The molecule has 0 saturated heterocycles. The SMILES string of the molecule is CCCCCC[C@H]([SiH3])C(OC)(OC)OC. The fraction of sp³-hybridized carbons (Fsp3) is 1.00. The van der Waals surface area contributed by atoms with E-state index < -0.39 is 5.97 Å². The molecule has 0 heterocycles. The van der Waals surface area contributed by atoms with E-state index in [9.17, 15) is 0 Å². The molecule has 0 aromatic carbocycles. The van der Waals surface area contributed by atoms with Crippen LogP contribution in [0.2, 0.25) is 5.54 Å². The normalized spacial score (nSPS) is 14.4. The second kappa shape index (κ2) is 8.27. The molecule has 0 aliphatic carbocycles. The molecule has 0 aliphatic heterocycles. The third kappa shape index (κ3) is 4.63. The van der Waals surface area contributed by atoms with Crippen molar-refractivity contribution in [3.05, 3.63) is 0 Å². The monoisotopic (exact) mass is 234 g/mol. The van der Waals surface area contributed by atoms with Gasteiger partial charge in [0.05, 0.1) is 0 Å². The molecule has 1 atom stereocenters. The van der Waals surface area contributed by atoms with Crippen molar-refractivity contribution < 1.29 is 14.2 Å². The van der Waals surface area contributed by atoms with Gasteiger partial charge in [-0.3, -0.25) is 0 Å². The number of unbranched alkanes of at least 4 members (excludes halogenated alkanes) is 3. The van der Waals surface area contributed by atoms with Gasteiger partial charge in [-0.1, -0.05) is 32.6 Å². The quantitative estimate of drug-likeness (QED) is 0.345. The van der Waals surface area contributed by atoms with Crippen molar-refractivity contribution in [2.24, 2.45) is 0 Å². The van der Waals surface area contributed by atoms with Crippen molar-refractivity contribution in [2.45, 2.75) is 50.5 Å². The number of hydrogen-bond acceptors (Lipinski definition) is 3. The predicted molar refractivity (Wildman–Crippen MR) is 66.2 cm³/mol. The maximum atomic E-state index is 5.35. The number of methoxy groups -OCH3 is 3. The van der Waals surface area contributed by atoms with Gasteiger partial charge in [0.1, 0.15) is 0 Å². The molecule has 0 rings (SSSR count). The van der Waals surface area contributed by atoms with Crippen LogP contribution in [0.3, 0.4) is 0 Å². The highest BCUT2D eigenvalue weighted by atomic mass is 28.1. The Hall–Kier alpha value is 0.0969. The zero-order valence-electron chi connectivity index (χ0n) is 10.8. The van der Waals surface area contributed by atoms with Gasteiger partial charge >= 0.3 is 0 Å². The summed E-state index contributed by atoms with van der Waals surface area (Å²) in [5.41, 5.74) is 0.384. The maximum absolute atomic E-state index is 5.35. The van der Waals surface area contributed by atoms with Crippen LogP contribution in [-0.2, 0) is 14.2 Å². The molecular formula is C11H26O3Si. The van der Waals surface area contributed by atoms with E-state index in [1.807, 2.05) is 0 Å². The summed E-state index contributed by atoms with van der Waals surface area (Å²) in [5, 5.41) is 0. The molecule has 0 aromatic heterocycles. The van der Waals surface area contributed by atoms with E-state index in [-0.39, 0.29) is 0 Å². The third-order valence-corrected chi connectivity index (χ3v) is 4.23. The van der Waals surface area contributed by atoms with Crippen molar-refractivity contribution >= 4 is 10.2 Å². The van der Waals surface area contributed by atoms with E-state index in [1.165, 1.54) is 25.7 Å². The van der Waals surface area contributed by atoms with E-state index in [0.29, 0.717) is 5.54 Å². The number of rotatable bonds is 9.